The Morgan fingerprint density at radius 2 is 1.04 bits per heavy atom. The van der Waals surface area contributed by atoms with E-state index in [0.29, 0.717) is 0 Å². The molecule has 0 aromatic heterocycles. The van der Waals surface area contributed by atoms with Gasteiger partial charge in [0.15, 0.2) is 7.59 Å². The molecule has 1 rings (SSSR count). The number of halogens is 6. The van der Waals surface area contributed by atoms with Crippen molar-refractivity contribution < 1.29 is 9.59 Å². The fraction of sp³-hybridized carbons (Fsp3) is 0.857. The van der Waals surface area contributed by atoms with Crippen molar-refractivity contribution in [1.29, 1.82) is 0 Å². The average molecular weight is 461 g/mol. The minimum absolute atomic E-state index is 0.222. The van der Waals surface area contributed by atoms with Crippen molar-refractivity contribution in [3.05, 3.63) is 0 Å². The van der Waals surface area contributed by atoms with Gasteiger partial charge in [-0.3, -0.25) is 9.59 Å². The van der Waals surface area contributed by atoms with E-state index in [1.165, 1.54) is 9.80 Å². The van der Waals surface area contributed by atoms with Crippen LogP contribution in [0.3, 0.4) is 0 Å². The highest BCUT2D eigenvalue weighted by atomic mass is 35.6. The average Bonchev–Trinajstić information content (AvgIpc) is 2.43. The van der Waals surface area contributed by atoms with E-state index in [1.54, 1.807) is 27.9 Å². The SMILES string of the molecule is C[C@H](CC1C(=O)N(C)C(C[C@H](C)C(Cl)(Cl)Cl)C(=O)N1C)C(Cl)(Cl)Cl. The van der Waals surface area contributed by atoms with Crippen LogP contribution in [0.1, 0.15) is 26.7 Å². The first-order valence-electron chi connectivity index (χ1n) is 7.34. The lowest BCUT2D eigenvalue weighted by Gasteiger charge is -2.44. The first-order chi connectivity index (χ1) is 10.7. The van der Waals surface area contributed by atoms with Gasteiger partial charge in [-0.15, -0.1) is 0 Å². The predicted molar refractivity (Wildman–Crippen MR) is 101 cm³/mol. The Morgan fingerprint density at radius 1 is 0.792 bits per heavy atom. The number of hydrogen-bond acceptors (Lipinski definition) is 2. The molecule has 0 aromatic carbocycles. The molecule has 4 nitrogen and oxygen atoms in total. The zero-order valence-corrected chi connectivity index (χ0v) is 18.2. The van der Waals surface area contributed by atoms with Crippen molar-refractivity contribution in [2.24, 2.45) is 11.8 Å². The normalized spacial score (nSPS) is 25.9. The van der Waals surface area contributed by atoms with Crippen molar-refractivity contribution >= 4 is 81.4 Å². The Bertz CT molecular complexity index is 447. The number of amides is 2. The van der Waals surface area contributed by atoms with E-state index < -0.39 is 31.5 Å². The van der Waals surface area contributed by atoms with Gasteiger partial charge in [0.1, 0.15) is 12.1 Å². The second kappa shape index (κ2) is 8.14. The fourth-order valence-corrected chi connectivity index (χ4v) is 3.10. The van der Waals surface area contributed by atoms with Crippen molar-refractivity contribution in [3.8, 4) is 0 Å². The Hall–Kier alpha value is 0.680. The third kappa shape index (κ3) is 5.34. The molecule has 2 amide bonds. The largest absolute Gasteiger partial charge is 0.332 e. The van der Waals surface area contributed by atoms with Crippen molar-refractivity contribution in [3.63, 3.8) is 0 Å². The lowest BCUT2D eigenvalue weighted by molar-refractivity contribution is -0.159. The summed E-state index contributed by atoms with van der Waals surface area (Å²) in [6.07, 6.45) is 0.489. The van der Waals surface area contributed by atoms with Gasteiger partial charge in [-0.25, -0.2) is 0 Å². The summed E-state index contributed by atoms with van der Waals surface area (Å²) in [5, 5.41) is 0. The minimum atomic E-state index is -1.51. The van der Waals surface area contributed by atoms with Crippen LogP contribution in [-0.2, 0) is 9.59 Å². The first kappa shape index (κ1) is 22.7. The van der Waals surface area contributed by atoms with E-state index in [1.807, 2.05) is 0 Å². The lowest BCUT2D eigenvalue weighted by atomic mass is 9.93. The molecule has 0 radical (unpaired) electrons. The fourth-order valence-electron chi connectivity index (χ4n) is 2.56. The molecule has 1 heterocycles. The van der Waals surface area contributed by atoms with Crippen LogP contribution in [0.25, 0.3) is 0 Å². The molecule has 0 bridgehead atoms. The lowest BCUT2D eigenvalue weighted by Crippen LogP contribution is -2.63. The maximum Gasteiger partial charge on any atom is 0.245 e. The molecular weight excluding hydrogens is 441 g/mol. The standard InChI is InChI=1S/C14H20Cl6N2O2/c1-7(13(15,16)17)5-9-11(23)22(4)10(12(24)21(9)3)6-8(2)14(18,19)20/h7-10H,5-6H2,1-4H3/t7-,8+,9?,10?. The molecule has 1 aliphatic rings. The van der Waals surface area contributed by atoms with Crippen LogP contribution >= 0.6 is 69.6 Å². The van der Waals surface area contributed by atoms with Gasteiger partial charge in [-0.2, -0.15) is 0 Å². The molecule has 1 fully saturated rings. The molecule has 1 aliphatic heterocycles. The summed E-state index contributed by atoms with van der Waals surface area (Å²) in [5.74, 6) is -1.26. The second-order valence-corrected chi connectivity index (χ2v) is 11.0. The number of alkyl halides is 6. The van der Waals surface area contributed by atoms with E-state index in [-0.39, 0.29) is 24.7 Å². The number of nitrogens with zero attached hydrogens (tertiary/aromatic N) is 2. The zero-order valence-electron chi connectivity index (χ0n) is 13.7. The van der Waals surface area contributed by atoms with Gasteiger partial charge in [-0.05, 0) is 12.8 Å². The smallest absolute Gasteiger partial charge is 0.245 e. The Labute approximate surface area is 172 Å². The summed E-state index contributed by atoms with van der Waals surface area (Å²) in [6, 6.07) is -1.38. The van der Waals surface area contributed by atoms with Crippen molar-refractivity contribution in [2.45, 2.75) is 46.4 Å². The van der Waals surface area contributed by atoms with Crippen molar-refractivity contribution in [2.75, 3.05) is 14.1 Å². The van der Waals surface area contributed by atoms with Gasteiger partial charge < -0.3 is 9.80 Å². The van der Waals surface area contributed by atoms with Crippen LogP contribution in [0.5, 0.6) is 0 Å². The Kier molecular flexibility index (Phi) is 7.71. The number of carbonyl (C=O) groups excluding carboxylic acids is 2. The molecule has 4 atom stereocenters. The Balaban J connectivity index is 2.94. The Morgan fingerprint density at radius 3 is 1.25 bits per heavy atom. The molecule has 0 spiro atoms. The van der Waals surface area contributed by atoms with Crippen molar-refractivity contribution in [1.82, 2.24) is 9.80 Å². The molecule has 0 aliphatic carbocycles. The summed E-state index contributed by atoms with van der Waals surface area (Å²) >= 11 is 35.3. The van der Waals surface area contributed by atoms with Gasteiger partial charge in [0.25, 0.3) is 0 Å². The maximum absolute atomic E-state index is 12.7. The van der Waals surface area contributed by atoms with Crippen LogP contribution < -0.4 is 0 Å². The van der Waals surface area contributed by atoms with E-state index in [0.717, 1.165) is 0 Å². The molecule has 0 saturated carbocycles. The maximum atomic E-state index is 12.7. The first-order valence-corrected chi connectivity index (χ1v) is 9.61. The summed E-state index contributed by atoms with van der Waals surface area (Å²) in [7, 11) is 3.13. The summed E-state index contributed by atoms with van der Waals surface area (Å²) in [6.45, 7) is 3.44. The summed E-state index contributed by atoms with van der Waals surface area (Å²) < 4.78 is -3.02. The van der Waals surface area contributed by atoms with Gasteiger partial charge in [0, 0.05) is 25.9 Å². The van der Waals surface area contributed by atoms with E-state index in [9.17, 15) is 9.59 Å². The monoisotopic (exact) mass is 458 g/mol. The molecule has 24 heavy (non-hydrogen) atoms. The van der Waals surface area contributed by atoms with Crippen LogP contribution in [0.4, 0.5) is 0 Å². The number of carbonyl (C=O) groups is 2. The van der Waals surface area contributed by atoms with Gasteiger partial charge in [0.05, 0.1) is 0 Å². The molecular formula is C14H20Cl6N2O2. The third-order valence-corrected chi connectivity index (χ3v) is 6.71. The molecule has 2 unspecified atom stereocenters. The summed E-state index contributed by atoms with van der Waals surface area (Å²) in [4.78, 5) is 28.2. The van der Waals surface area contributed by atoms with E-state index in [2.05, 4.69) is 0 Å². The molecule has 0 aromatic rings. The number of rotatable bonds is 4. The van der Waals surface area contributed by atoms with Gasteiger partial charge in [-0.1, -0.05) is 83.5 Å². The summed E-state index contributed by atoms with van der Waals surface area (Å²) in [5.41, 5.74) is 0. The van der Waals surface area contributed by atoms with E-state index in [4.69, 9.17) is 69.6 Å². The molecule has 1 saturated heterocycles. The van der Waals surface area contributed by atoms with Crippen LogP contribution in [0.2, 0.25) is 0 Å². The zero-order chi connectivity index (χ0) is 19.0. The number of likely N-dealkylation sites (N-methyl/N-ethyl adjacent to an activating group) is 2. The van der Waals surface area contributed by atoms with Gasteiger partial charge in [0.2, 0.25) is 11.8 Å². The molecule has 0 N–H and O–H groups in total. The van der Waals surface area contributed by atoms with Crippen LogP contribution in [0.15, 0.2) is 0 Å². The molecule has 10 heteroatoms. The van der Waals surface area contributed by atoms with E-state index >= 15 is 0 Å². The highest BCUT2D eigenvalue weighted by Gasteiger charge is 2.46. The second-order valence-electron chi connectivity index (χ2n) is 6.29. The predicted octanol–water partition coefficient (Wildman–Crippen LogP) is 4.45. The highest BCUT2D eigenvalue weighted by Crippen LogP contribution is 2.40. The number of hydrogen-bond donors (Lipinski definition) is 0. The quantitative estimate of drug-likeness (QED) is 0.581. The van der Waals surface area contributed by atoms with Gasteiger partial charge >= 0.3 is 0 Å². The molecule has 140 valence electrons. The van der Waals surface area contributed by atoms with Crippen LogP contribution in [0, 0.1) is 11.8 Å². The third-order valence-electron chi connectivity index (χ3n) is 4.47. The van der Waals surface area contributed by atoms with Crippen LogP contribution in [-0.4, -0.2) is 55.4 Å². The topological polar surface area (TPSA) is 40.6 Å². The minimum Gasteiger partial charge on any atom is -0.332 e. The number of piperazine rings is 1. The highest BCUT2D eigenvalue weighted by molar-refractivity contribution is 6.68.